The molecule has 0 radical (unpaired) electrons. The summed E-state index contributed by atoms with van der Waals surface area (Å²) in [5.74, 6) is -3.35. The molecule has 0 saturated carbocycles. The van der Waals surface area contributed by atoms with Crippen molar-refractivity contribution in [2.24, 2.45) is 5.73 Å². The van der Waals surface area contributed by atoms with Crippen LogP contribution in [0.15, 0.2) is 52.9 Å². The number of aliphatic hydroxyl groups is 1. The van der Waals surface area contributed by atoms with Gasteiger partial charge in [0, 0.05) is 12.5 Å². The van der Waals surface area contributed by atoms with Gasteiger partial charge in [-0.2, -0.15) is 0 Å². The summed E-state index contributed by atoms with van der Waals surface area (Å²) >= 11 is 0. The zero-order valence-electron chi connectivity index (χ0n) is 15.9. The Hall–Kier alpha value is -3.59. The monoisotopic (exact) mass is 415 g/mol. The van der Waals surface area contributed by atoms with E-state index in [9.17, 15) is 23.5 Å². The Bertz CT molecular complexity index is 1080. The molecule has 0 aliphatic heterocycles. The zero-order chi connectivity index (χ0) is 21.8. The molecule has 1 heterocycles. The number of carbonyl (C=O) groups is 2. The summed E-state index contributed by atoms with van der Waals surface area (Å²) in [6.07, 6.45) is -2.01. The van der Waals surface area contributed by atoms with E-state index in [-0.39, 0.29) is 34.9 Å². The predicted molar refractivity (Wildman–Crippen MR) is 103 cm³/mol. The van der Waals surface area contributed by atoms with Gasteiger partial charge in [0.2, 0.25) is 11.7 Å². The third kappa shape index (κ3) is 4.52. The van der Waals surface area contributed by atoms with Gasteiger partial charge >= 0.3 is 0 Å². The Morgan fingerprint density at radius 2 is 1.77 bits per heavy atom. The van der Waals surface area contributed by atoms with Crippen LogP contribution in [0.5, 0.6) is 0 Å². The Morgan fingerprint density at radius 3 is 2.40 bits per heavy atom. The first kappa shape index (κ1) is 21.1. The fourth-order valence-electron chi connectivity index (χ4n) is 2.99. The van der Waals surface area contributed by atoms with Crippen LogP contribution in [0.25, 0.3) is 11.3 Å². The first-order chi connectivity index (χ1) is 14.3. The molecule has 0 bridgehead atoms. The Kier molecular flexibility index (Phi) is 6.22. The number of aromatic nitrogens is 1. The van der Waals surface area contributed by atoms with E-state index in [2.05, 4.69) is 10.3 Å². The number of nitrogens with zero attached hydrogens (tertiary/aromatic N) is 1. The van der Waals surface area contributed by atoms with Gasteiger partial charge in [-0.25, -0.2) is 13.8 Å². The molecular formula is C21H19F2N3O4. The highest BCUT2D eigenvalue weighted by molar-refractivity contribution is 5.98. The fraction of sp³-hybridized carbons (Fsp3) is 0.190. The number of rotatable bonds is 7. The van der Waals surface area contributed by atoms with E-state index in [4.69, 9.17) is 10.2 Å². The van der Waals surface area contributed by atoms with E-state index < -0.39 is 35.6 Å². The molecule has 2 aromatic carbocycles. The number of carbonyl (C=O) groups excluding carboxylic acids is 2. The number of hydrogen-bond acceptors (Lipinski definition) is 5. The second kappa shape index (κ2) is 8.83. The SMILES string of the molecule is Cc1nc(-c2ccccc2F)c(C(=O)NC(Cc2ccccc2F)C(O)C(N)=O)o1. The molecule has 2 amide bonds. The minimum absolute atomic E-state index is 0.0405. The topological polar surface area (TPSA) is 118 Å². The van der Waals surface area contributed by atoms with E-state index >= 15 is 0 Å². The molecule has 4 N–H and O–H groups in total. The van der Waals surface area contributed by atoms with Crippen molar-refractivity contribution >= 4 is 11.8 Å². The Labute approximate surface area is 170 Å². The molecule has 0 aliphatic rings. The quantitative estimate of drug-likeness (QED) is 0.546. The second-order valence-electron chi connectivity index (χ2n) is 6.61. The molecule has 0 fully saturated rings. The summed E-state index contributed by atoms with van der Waals surface area (Å²) in [6.45, 7) is 1.48. The summed E-state index contributed by atoms with van der Waals surface area (Å²) < 4.78 is 33.6. The number of primary amides is 1. The van der Waals surface area contributed by atoms with E-state index in [0.29, 0.717) is 0 Å². The molecule has 0 spiro atoms. The number of nitrogens with two attached hydrogens (primary N) is 1. The number of aliphatic hydroxyl groups excluding tert-OH is 1. The molecule has 9 heteroatoms. The van der Waals surface area contributed by atoms with Gasteiger partial charge in [-0.1, -0.05) is 30.3 Å². The summed E-state index contributed by atoms with van der Waals surface area (Å²) in [5, 5.41) is 12.6. The number of halogens is 2. The van der Waals surface area contributed by atoms with Crippen LogP contribution >= 0.6 is 0 Å². The largest absolute Gasteiger partial charge is 0.435 e. The second-order valence-corrected chi connectivity index (χ2v) is 6.61. The summed E-state index contributed by atoms with van der Waals surface area (Å²) in [7, 11) is 0. The Morgan fingerprint density at radius 1 is 1.13 bits per heavy atom. The van der Waals surface area contributed by atoms with Crippen LogP contribution in [-0.4, -0.2) is 34.1 Å². The molecule has 30 heavy (non-hydrogen) atoms. The fourth-order valence-corrected chi connectivity index (χ4v) is 2.99. The number of aryl methyl sites for hydroxylation is 1. The van der Waals surface area contributed by atoms with E-state index in [1.807, 2.05) is 0 Å². The lowest BCUT2D eigenvalue weighted by atomic mass is 10.00. The normalized spacial score (nSPS) is 12.9. The highest BCUT2D eigenvalue weighted by Crippen LogP contribution is 2.26. The molecule has 0 aliphatic carbocycles. The van der Waals surface area contributed by atoms with Gasteiger partial charge < -0.3 is 20.6 Å². The van der Waals surface area contributed by atoms with E-state index in [1.165, 1.54) is 43.3 Å². The molecule has 2 atom stereocenters. The van der Waals surface area contributed by atoms with E-state index in [1.54, 1.807) is 12.1 Å². The van der Waals surface area contributed by atoms with Crippen molar-refractivity contribution in [1.29, 1.82) is 0 Å². The van der Waals surface area contributed by atoms with Crippen molar-refractivity contribution in [3.05, 3.63) is 77.4 Å². The van der Waals surface area contributed by atoms with Gasteiger partial charge in [0.05, 0.1) is 6.04 Å². The maximum atomic E-state index is 14.2. The first-order valence-corrected chi connectivity index (χ1v) is 9.02. The number of benzene rings is 2. The molecule has 3 rings (SSSR count). The summed E-state index contributed by atoms with van der Waals surface area (Å²) in [5.41, 5.74) is 5.33. The average Bonchev–Trinajstić information content (AvgIpc) is 3.10. The lowest BCUT2D eigenvalue weighted by molar-refractivity contribution is -0.127. The number of hydrogen-bond donors (Lipinski definition) is 3. The van der Waals surface area contributed by atoms with Crippen molar-refractivity contribution in [3.8, 4) is 11.3 Å². The maximum absolute atomic E-state index is 14.2. The predicted octanol–water partition coefficient (Wildman–Crippen LogP) is 2.12. The standard InChI is InChI=1S/C21H19F2N3O4/c1-11-25-17(13-7-3-5-9-15(13)23)19(30-11)21(29)26-16(18(27)20(24)28)10-12-6-2-4-8-14(12)22/h2-9,16,18,27H,10H2,1H3,(H2,24,28)(H,26,29). The zero-order valence-corrected chi connectivity index (χ0v) is 15.9. The van der Waals surface area contributed by atoms with Crippen LogP contribution in [0.4, 0.5) is 8.78 Å². The van der Waals surface area contributed by atoms with Crippen LogP contribution in [0.3, 0.4) is 0 Å². The minimum atomic E-state index is -1.80. The van der Waals surface area contributed by atoms with Crippen molar-refractivity contribution in [2.75, 3.05) is 0 Å². The van der Waals surface area contributed by atoms with E-state index in [0.717, 1.165) is 0 Å². The van der Waals surface area contributed by atoms with Crippen molar-refractivity contribution in [1.82, 2.24) is 10.3 Å². The maximum Gasteiger partial charge on any atom is 0.289 e. The van der Waals surface area contributed by atoms with Crippen LogP contribution in [0.2, 0.25) is 0 Å². The van der Waals surface area contributed by atoms with Gasteiger partial charge in [-0.05, 0) is 30.2 Å². The molecule has 0 saturated heterocycles. The third-order valence-electron chi connectivity index (χ3n) is 4.46. The van der Waals surface area contributed by atoms with Crippen molar-refractivity contribution in [2.45, 2.75) is 25.5 Å². The van der Waals surface area contributed by atoms with Gasteiger partial charge in [-0.15, -0.1) is 0 Å². The molecule has 7 nitrogen and oxygen atoms in total. The van der Waals surface area contributed by atoms with Crippen LogP contribution in [-0.2, 0) is 11.2 Å². The van der Waals surface area contributed by atoms with Gasteiger partial charge in [0.15, 0.2) is 12.0 Å². The van der Waals surface area contributed by atoms with Crippen LogP contribution in [0.1, 0.15) is 22.0 Å². The average molecular weight is 415 g/mol. The van der Waals surface area contributed by atoms with Gasteiger partial charge in [-0.3, -0.25) is 9.59 Å². The number of oxazole rings is 1. The van der Waals surface area contributed by atoms with Gasteiger partial charge in [0.1, 0.15) is 17.3 Å². The molecule has 1 aromatic heterocycles. The summed E-state index contributed by atoms with van der Waals surface area (Å²) in [6, 6.07) is 10.1. The highest BCUT2D eigenvalue weighted by Gasteiger charge is 2.30. The van der Waals surface area contributed by atoms with Crippen LogP contribution < -0.4 is 11.1 Å². The molecule has 3 aromatic rings. The number of nitrogens with one attached hydrogen (secondary N) is 1. The van der Waals surface area contributed by atoms with Crippen LogP contribution in [0, 0.1) is 18.6 Å². The molecular weight excluding hydrogens is 396 g/mol. The summed E-state index contributed by atoms with van der Waals surface area (Å²) in [4.78, 5) is 28.4. The highest BCUT2D eigenvalue weighted by atomic mass is 19.1. The lowest BCUT2D eigenvalue weighted by Crippen LogP contribution is -2.50. The smallest absolute Gasteiger partial charge is 0.289 e. The molecule has 2 unspecified atom stereocenters. The third-order valence-corrected chi connectivity index (χ3v) is 4.46. The first-order valence-electron chi connectivity index (χ1n) is 9.02. The minimum Gasteiger partial charge on any atom is -0.435 e. The van der Waals surface area contributed by atoms with Crippen molar-refractivity contribution in [3.63, 3.8) is 0 Å². The van der Waals surface area contributed by atoms with Crippen molar-refractivity contribution < 1.29 is 27.9 Å². The van der Waals surface area contributed by atoms with Gasteiger partial charge in [0.25, 0.3) is 5.91 Å². The lowest BCUT2D eigenvalue weighted by Gasteiger charge is -2.22. The number of amides is 2. The molecule has 156 valence electrons. The Balaban J connectivity index is 1.92.